The van der Waals surface area contributed by atoms with Crippen LogP contribution in [0.2, 0.25) is 5.15 Å². The molecule has 1 aromatic carbocycles. The summed E-state index contributed by atoms with van der Waals surface area (Å²) in [4.78, 5) is 8.07. The van der Waals surface area contributed by atoms with E-state index >= 15 is 0 Å². The van der Waals surface area contributed by atoms with Gasteiger partial charge in [-0.3, -0.25) is 0 Å². The van der Waals surface area contributed by atoms with Gasteiger partial charge in [0.1, 0.15) is 16.7 Å². The van der Waals surface area contributed by atoms with E-state index in [2.05, 4.69) is 16.0 Å². The Bertz CT molecular complexity index is 570. The highest BCUT2D eigenvalue weighted by molar-refractivity contribution is 6.29. The molecule has 0 bridgehead atoms. The zero-order valence-corrected chi connectivity index (χ0v) is 10.5. The first-order chi connectivity index (χ1) is 8.67. The number of aromatic nitrogens is 2. The average Bonchev–Trinajstić information content (AvgIpc) is 2.31. The van der Waals surface area contributed by atoms with Crippen molar-refractivity contribution < 1.29 is 4.74 Å². The molecule has 0 unspecified atom stereocenters. The molecule has 0 saturated carbocycles. The minimum Gasteiger partial charge on any atom is -0.439 e. The number of aryl methyl sites for hydroxylation is 1. The number of halogens is 1. The molecule has 0 amide bonds. The molecule has 0 fully saturated rings. The van der Waals surface area contributed by atoms with Crippen LogP contribution in [0.15, 0.2) is 30.3 Å². The summed E-state index contributed by atoms with van der Waals surface area (Å²) in [6, 6.07) is 10.9. The Labute approximate surface area is 110 Å². The minimum atomic E-state index is 0.346. The molecular weight excluding hydrogens is 250 g/mol. The van der Waals surface area contributed by atoms with Gasteiger partial charge < -0.3 is 4.74 Å². The van der Waals surface area contributed by atoms with Crippen LogP contribution in [-0.2, 0) is 6.42 Å². The third-order valence-corrected chi connectivity index (χ3v) is 2.41. The van der Waals surface area contributed by atoms with Crippen molar-refractivity contribution in [3.63, 3.8) is 0 Å². The molecule has 2 aromatic rings. The van der Waals surface area contributed by atoms with Gasteiger partial charge in [-0.05, 0) is 24.6 Å². The van der Waals surface area contributed by atoms with Crippen LogP contribution in [0.3, 0.4) is 0 Å². The third-order valence-electron chi connectivity index (χ3n) is 2.21. The molecule has 0 saturated heterocycles. The van der Waals surface area contributed by atoms with Gasteiger partial charge in [-0.25, -0.2) is 4.98 Å². The highest BCUT2D eigenvalue weighted by Gasteiger charge is 2.03. The Morgan fingerprint density at radius 2 is 2.00 bits per heavy atom. The van der Waals surface area contributed by atoms with E-state index in [0.29, 0.717) is 29.0 Å². The summed E-state index contributed by atoms with van der Waals surface area (Å²) in [5.41, 5.74) is 0.946. The number of ether oxygens (including phenoxy) is 1. The molecule has 0 aliphatic carbocycles. The molecule has 0 aliphatic heterocycles. The van der Waals surface area contributed by atoms with Gasteiger partial charge in [0.05, 0.1) is 12.5 Å². The molecule has 0 atom stereocenters. The van der Waals surface area contributed by atoms with Gasteiger partial charge in [0.2, 0.25) is 5.88 Å². The van der Waals surface area contributed by atoms with Crippen LogP contribution in [0.5, 0.6) is 11.6 Å². The highest BCUT2D eigenvalue weighted by atomic mass is 35.5. The topological polar surface area (TPSA) is 58.8 Å². The summed E-state index contributed by atoms with van der Waals surface area (Å²) in [7, 11) is 0. The lowest BCUT2D eigenvalue weighted by molar-refractivity contribution is 0.459. The van der Waals surface area contributed by atoms with E-state index in [0.717, 1.165) is 5.56 Å². The molecule has 0 aliphatic rings. The van der Waals surface area contributed by atoms with Gasteiger partial charge in [-0.1, -0.05) is 23.7 Å². The fourth-order valence-corrected chi connectivity index (χ4v) is 1.66. The van der Waals surface area contributed by atoms with Crippen molar-refractivity contribution in [1.82, 2.24) is 9.97 Å². The maximum atomic E-state index is 8.57. The van der Waals surface area contributed by atoms with Crippen molar-refractivity contribution in [2.24, 2.45) is 0 Å². The molecule has 2 rings (SSSR count). The number of nitriles is 1. The number of hydrogen-bond donors (Lipinski definition) is 0. The molecule has 90 valence electrons. The monoisotopic (exact) mass is 259 g/mol. The van der Waals surface area contributed by atoms with Crippen molar-refractivity contribution >= 4 is 11.6 Å². The molecule has 0 N–H and O–H groups in total. The molecule has 5 heteroatoms. The first-order valence-electron chi connectivity index (χ1n) is 5.32. The van der Waals surface area contributed by atoms with Crippen LogP contribution in [-0.4, -0.2) is 9.97 Å². The minimum absolute atomic E-state index is 0.346. The standard InChI is InChI=1S/C13H10ClN3O/c1-9-16-12(14)8-13(17-9)18-11-4-2-10(3-5-11)6-7-15/h2-5,8H,6H2,1H3. The average molecular weight is 260 g/mol. The fraction of sp³-hybridized carbons (Fsp3) is 0.154. The molecule has 1 aromatic heterocycles. The van der Waals surface area contributed by atoms with Gasteiger partial charge in [0, 0.05) is 6.07 Å². The largest absolute Gasteiger partial charge is 0.439 e. The third kappa shape index (κ3) is 3.19. The molecule has 4 nitrogen and oxygen atoms in total. The second-order valence-electron chi connectivity index (χ2n) is 3.66. The van der Waals surface area contributed by atoms with Crippen LogP contribution in [0, 0.1) is 18.3 Å². The highest BCUT2D eigenvalue weighted by Crippen LogP contribution is 2.22. The van der Waals surface area contributed by atoms with Gasteiger partial charge >= 0.3 is 0 Å². The summed E-state index contributed by atoms with van der Waals surface area (Å²) in [6.45, 7) is 1.74. The van der Waals surface area contributed by atoms with Crippen molar-refractivity contribution in [3.8, 4) is 17.7 Å². The summed E-state index contributed by atoms with van der Waals surface area (Å²) >= 11 is 5.82. The van der Waals surface area contributed by atoms with E-state index in [-0.39, 0.29) is 0 Å². The van der Waals surface area contributed by atoms with Crippen molar-refractivity contribution in [3.05, 3.63) is 46.9 Å². The smallest absolute Gasteiger partial charge is 0.224 e. The number of hydrogen-bond acceptors (Lipinski definition) is 4. The SMILES string of the molecule is Cc1nc(Cl)cc(Oc2ccc(CC#N)cc2)n1. The van der Waals surface area contributed by atoms with Gasteiger partial charge in [-0.15, -0.1) is 0 Å². The van der Waals surface area contributed by atoms with Gasteiger partial charge in [0.25, 0.3) is 0 Å². The maximum absolute atomic E-state index is 8.57. The molecule has 18 heavy (non-hydrogen) atoms. The van der Waals surface area contributed by atoms with Crippen LogP contribution < -0.4 is 4.74 Å². The lowest BCUT2D eigenvalue weighted by atomic mass is 10.2. The van der Waals surface area contributed by atoms with Crippen LogP contribution in [0.25, 0.3) is 0 Å². The zero-order valence-electron chi connectivity index (χ0n) is 9.72. The fourth-order valence-electron chi connectivity index (χ4n) is 1.45. The normalized spacial score (nSPS) is 9.83. The zero-order chi connectivity index (χ0) is 13.0. The van der Waals surface area contributed by atoms with E-state index in [1.165, 1.54) is 0 Å². The Morgan fingerprint density at radius 1 is 1.28 bits per heavy atom. The summed E-state index contributed by atoms with van der Waals surface area (Å²) in [5.74, 6) is 1.60. The second kappa shape index (κ2) is 5.48. The second-order valence-corrected chi connectivity index (χ2v) is 4.04. The summed E-state index contributed by atoms with van der Waals surface area (Å²) in [6.07, 6.45) is 0.388. The maximum Gasteiger partial charge on any atom is 0.224 e. The number of rotatable bonds is 3. The van der Waals surface area contributed by atoms with Crippen molar-refractivity contribution in [1.29, 1.82) is 5.26 Å². The van der Waals surface area contributed by atoms with E-state index in [1.54, 1.807) is 25.1 Å². The molecule has 0 spiro atoms. The predicted octanol–water partition coefficient (Wildman–Crippen LogP) is 3.30. The Kier molecular flexibility index (Phi) is 3.75. The van der Waals surface area contributed by atoms with Gasteiger partial charge in [0.15, 0.2) is 0 Å². The predicted molar refractivity (Wildman–Crippen MR) is 67.6 cm³/mol. The Morgan fingerprint density at radius 3 is 2.61 bits per heavy atom. The lowest BCUT2D eigenvalue weighted by Gasteiger charge is -2.06. The quantitative estimate of drug-likeness (QED) is 0.794. The van der Waals surface area contributed by atoms with E-state index in [9.17, 15) is 0 Å². The lowest BCUT2D eigenvalue weighted by Crippen LogP contribution is -1.93. The number of benzene rings is 1. The van der Waals surface area contributed by atoms with Crippen LogP contribution in [0.4, 0.5) is 0 Å². The number of nitrogens with zero attached hydrogens (tertiary/aromatic N) is 3. The first kappa shape index (κ1) is 12.3. The summed E-state index contributed by atoms with van der Waals surface area (Å²) < 4.78 is 5.55. The Balaban J connectivity index is 2.16. The Hall–Kier alpha value is -2.12. The van der Waals surface area contributed by atoms with Crippen molar-refractivity contribution in [2.75, 3.05) is 0 Å². The van der Waals surface area contributed by atoms with Crippen molar-refractivity contribution in [2.45, 2.75) is 13.3 Å². The van der Waals surface area contributed by atoms with Gasteiger partial charge in [-0.2, -0.15) is 10.2 Å². The first-order valence-corrected chi connectivity index (χ1v) is 5.70. The van der Waals surface area contributed by atoms with E-state index < -0.39 is 0 Å². The molecule has 0 radical (unpaired) electrons. The molecule has 1 heterocycles. The summed E-state index contributed by atoms with van der Waals surface area (Å²) in [5, 5.41) is 8.92. The van der Waals surface area contributed by atoms with Crippen LogP contribution >= 0.6 is 11.6 Å². The van der Waals surface area contributed by atoms with Crippen LogP contribution in [0.1, 0.15) is 11.4 Å². The molecular formula is C13H10ClN3O. The van der Waals surface area contributed by atoms with E-state index in [4.69, 9.17) is 21.6 Å². The van der Waals surface area contributed by atoms with E-state index in [1.807, 2.05) is 12.1 Å².